The van der Waals surface area contributed by atoms with Gasteiger partial charge in [-0.2, -0.15) is 0 Å². The fraction of sp³-hybridized carbons (Fsp3) is 0.833. The van der Waals surface area contributed by atoms with Gasteiger partial charge >= 0.3 is 0 Å². The van der Waals surface area contributed by atoms with Crippen molar-refractivity contribution in [3.8, 4) is 0 Å². The van der Waals surface area contributed by atoms with Crippen LogP contribution >= 0.6 is 0 Å². The maximum Gasteiger partial charge on any atom is 0.150 e. The van der Waals surface area contributed by atoms with Crippen LogP contribution in [-0.4, -0.2) is 40.0 Å². The zero-order valence-corrected chi connectivity index (χ0v) is 12.4. The van der Waals surface area contributed by atoms with Crippen LogP contribution in [0.5, 0.6) is 0 Å². The summed E-state index contributed by atoms with van der Waals surface area (Å²) < 4.78 is 25.0. The largest absolute Gasteiger partial charge is 0.384 e. The molecule has 1 aromatic heterocycles. The molecular formula is C12H21N3O3S. The summed E-state index contributed by atoms with van der Waals surface area (Å²) in [6.07, 6.45) is 6.09. The molecule has 0 aliphatic heterocycles. The molecule has 0 saturated heterocycles. The first kappa shape index (κ1) is 14.5. The quantitative estimate of drug-likeness (QED) is 0.897. The number of rotatable bonds is 3. The number of aliphatic hydroxyl groups is 1. The van der Waals surface area contributed by atoms with E-state index < -0.39 is 15.4 Å². The lowest BCUT2D eigenvalue weighted by Gasteiger charge is -2.27. The van der Waals surface area contributed by atoms with Crippen molar-refractivity contribution in [3.05, 3.63) is 11.9 Å². The van der Waals surface area contributed by atoms with Gasteiger partial charge in [0.1, 0.15) is 21.1 Å². The van der Waals surface area contributed by atoms with Crippen molar-refractivity contribution < 1.29 is 13.5 Å². The monoisotopic (exact) mass is 287 g/mol. The molecule has 108 valence electrons. The molecule has 7 heteroatoms. The van der Waals surface area contributed by atoms with Gasteiger partial charge in [0, 0.05) is 6.26 Å². The van der Waals surface area contributed by atoms with E-state index in [2.05, 4.69) is 10.3 Å². The maximum absolute atomic E-state index is 11.6. The second-order valence-corrected chi connectivity index (χ2v) is 8.24. The summed E-state index contributed by atoms with van der Waals surface area (Å²) >= 11 is 0. The van der Waals surface area contributed by atoms with E-state index in [9.17, 15) is 13.5 Å². The highest BCUT2D eigenvalue weighted by atomic mass is 32.2. The summed E-state index contributed by atoms with van der Waals surface area (Å²) in [5, 5.41) is 17.6. The molecule has 19 heavy (non-hydrogen) atoms. The van der Waals surface area contributed by atoms with Crippen molar-refractivity contribution >= 4 is 9.84 Å². The van der Waals surface area contributed by atoms with E-state index in [1.165, 1.54) is 6.26 Å². The van der Waals surface area contributed by atoms with Crippen LogP contribution in [0.1, 0.15) is 51.3 Å². The molecule has 2 unspecified atom stereocenters. The first-order valence-electron chi connectivity index (χ1n) is 6.51. The Labute approximate surface area is 113 Å². The fourth-order valence-electron chi connectivity index (χ4n) is 2.48. The Morgan fingerprint density at radius 1 is 1.42 bits per heavy atom. The average molecular weight is 287 g/mol. The lowest BCUT2D eigenvalue weighted by molar-refractivity contribution is 0.0737. The van der Waals surface area contributed by atoms with E-state index in [0.29, 0.717) is 12.1 Å². The molecule has 1 saturated carbocycles. The Morgan fingerprint density at radius 2 is 2.11 bits per heavy atom. The van der Waals surface area contributed by atoms with Gasteiger partial charge < -0.3 is 5.11 Å². The Hall–Kier alpha value is -0.950. The van der Waals surface area contributed by atoms with Gasteiger partial charge in [-0.1, -0.05) is 11.6 Å². The molecule has 2 atom stereocenters. The van der Waals surface area contributed by atoms with Crippen molar-refractivity contribution in [2.24, 2.45) is 0 Å². The van der Waals surface area contributed by atoms with Crippen molar-refractivity contribution in [2.45, 2.75) is 56.4 Å². The lowest BCUT2D eigenvalue weighted by atomic mass is 9.95. The van der Waals surface area contributed by atoms with Gasteiger partial charge in [-0.25, -0.2) is 13.1 Å². The molecule has 0 bridgehead atoms. The number of aromatic nitrogens is 3. The molecular weight excluding hydrogens is 266 g/mol. The second kappa shape index (κ2) is 4.86. The first-order chi connectivity index (χ1) is 8.68. The number of nitrogens with zero attached hydrogens (tertiary/aromatic N) is 3. The molecule has 1 N–H and O–H groups in total. The molecule has 1 aromatic rings. The Kier molecular flexibility index (Phi) is 3.70. The third-order valence-electron chi connectivity index (χ3n) is 3.72. The maximum atomic E-state index is 11.6. The SMILES string of the molecule is CC(C)(O)c1cn(C2CCCC(S(C)(=O)=O)C2)nn1. The minimum Gasteiger partial charge on any atom is -0.384 e. The molecule has 6 nitrogen and oxygen atoms in total. The Balaban J connectivity index is 2.16. The Bertz CT molecular complexity index is 545. The number of hydrogen-bond acceptors (Lipinski definition) is 5. The van der Waals surface area contributed by atoms with Crippen molar-refractivity contribution in [3.63, 3.8) is 0 Å². The third-order valence-corrected chi connectivity index (χ3v) is 5.35. The highest BCUT2D eigenvalue weighted by molar-refractivity contribution is 7.91. The van der Waals surface area contributed by atoms with Gasteiger partial charge in [-0.3, -0.25) is 0 Å². The van der Waals surface area contributed by atoms with Crippen LogP contribution in [0.25, 0.3) is 0 Å². The topological polar surface area (TPSA) is 85.1 Å². The molecule has 1 heterocycles. The van der Waals surface area contributed by atoms with Gasteiger partial charge in [0.15, 0.2) is 0 Å². The summed E-state index contributed by atoms with van der Waals surface area (Å²) in [6, 6.07) is 0.0528. The first-order valence-corrected chi connectivity index (χ1v) is 8.47. The molecule has 1 aliphatic rings. The summed E-state index contributed by atoms with van der Waals surface area (Å²) in [5.41, 5.74) is -0.516. The highest BCUT2D eigenvalue weighted by Crippen LogP contribution is 2.32. The summed E-state index contributed by atoms with van der Waals surface area (Å²) in [5.74, 6) is 0. The van der Waals surface area contributed by atoms with Crippen molar-refractivity contribution in [2.75, 3.05) is 6.26 Å². The normalized spacial score (nSPS) is 25.5. The predicted molar refractivity (Wildman–Crippen MR) is 71.4 cm³/mol. The summed E-state index contributed by atoms with van der Waals surface area (Å²) in [7, 11) is -3.00. The number of sulfone groups is 1. The average Bonchev–Trinajstić information content (AvgIpc) is 2.77. The van der Waals surface area contributed by atoms with Gasteiger partial charge in [-0.15, -0.1) is 5.10 Å². The van der Waals surface area contributed by atoms with E-state index in [0.717, 1.165) is 19.3 Å². The zero-order chi connectivity index (χ0) is 14.3. The second-order valence-electron chi connectivity index (χ2n) is 5.91. The minimum atomic E-state index is -3.00. The standard InChI is InChI=1S/C12H21N3O3S/c1-12(2,16)11-8-15(14-13-11)9-5-4-6-10(7-9)19(3,17)18/h8-10,16H,4-7H2,1-3H3. The molecule has 2 rings (SSSR count). The summed E-state index contributed by atoms with van der Waals surface area (Å²) in [6.45, 7) is 3.31. The van der Waals surface area contributed by atoms with Gasteiger partial charge in [0.2, 0.25) is 0 Å². The van der Waals surface area contributed by atoms with Crippen LogP contribution in [-0.2, 0) is 15.4 Å². The van der Waals surface area contributed by atoms with E-state index in [-0.39, 0.29) is 11.3 Å². The van der Waals surface area contributed by atoms with Gasteiger partial charge in [-0.05, 0) is 33.1 Å². The molecule has 1 aliphatic carbocycles. The van der Waals surface area contributed by atoms with Gasteiger partial charge in [0.05, 0.1) is 17.5 Å². The smallest absolute Gasteiger partial charge is 0.150 e. The Morgan fingerprint density at radius 3 is 2.63 bits per heavy atom. The van der Waals surface area contributed by atoms with Crippen LogP contribution in [0.3, 0.4) is 0 Å². The molecule has 0 spiro atoms. The van der Waals surface area contributed by atoms with E-state index >= 15 is 0 Å². The van der Waals surface area contributed by atoms with Crippen LogP contribution in [0.2, 0.25) is 0 Å². The molecule has 0 radical (unpaired) electrons. The zero-order valence-electron chi connectivity index (χ0n) is 11.6. The van der Waals surface area contributed by atoms with E-state index in [4.69, 9.17) is 0 Å². The fourth-order valence-corrected chi connectivity index (χ4v) is 3.65. The van der Waals surface area contributed by atoms with Crippen LogP contribution in [0.15, 0.2) is 6.20 Å². The third kappa shape index (κ3) is 3.33. The minimum absolute atomic E-state index is 0.0528. The highest BCUT2D eigenvalue weighted by Gasteiger charge is 2.31. The van der Waals surface area contributed by atoms with E-state index in [1.807, 2.05) is 0 Å². The number of hydrogen-bond donors (Lipinski definition) is 1. The van der Waals surface area contributed by atoms with E-state index in [1.54, 1.807) is 24.7 Å². The van der Waals surface area contributed by atoms with Crippen molar-refractivity contribution in [1.29, 1.82) is 0 Å². The predicted octanol–water partition coefficient (Wildman–Crippen LogP) is 1.03. The molecule has 0 aromatic carbocycles. The van der Waals surface area contributed by atoms with Crippen LogP contribution < -0.4 is 0 Å². The van der Waals surface area contributed by atoms with Crippen molar-refractivity contribution in [1.82, 2.24) is 15.0 Å². The van der Waals surface area contributed by atoms with Gasteiger partial charge in [0.25, 0.3) is 0 Å². The van der Waals surface area contributed by atoms with Crippen LogP contribution in [0, 0.1) is 0 Å². The molecule has 0 amide bonds. The lowest BCUT2D eigenvalue weighted by Crippen LogP contribution is -2.29. The van der Waals surface area contributed by atoms with Crippen LogP contribution in [0.4, 0.5) is 0 Å². The molecule has 1 fully saturated rings. The summed E-state index contributed by atoms with van der Waals surface area (Å²) in [4.78, 5) is 0.